The van der Waals surface area contributed by atoms with Gasteiger partial charge in [0.05, 0.1) is 24.7 Å². The minimum Gasteiger partial charge on any atom is -0.471 e. The molecule has 236 valence electrons. The number of hydrogen-bond donors (Lipinski definition) is 1. The number of nitrogens with zero attached hydrogens (tertiary/aromatic N) is 3. The Morgan fingerprint density at radius 3 is 2.50 bits per heavy atom. The molecule has 4 aliphatic rings. The second kappa shape index (κ2) is 11.3. The van der Waals surface area contributed by atoms with Crippen molar-refractivity contribution in [2.45, 2.75) is 83.1 Å². The molecule has 2 aliphatic carbocycles. The van der Waals surface area contributed by atoms with Crippen molar-refractivity contribution in [2.75, 3.05) is 13.7 Å². The number of carbonyl (C=O) groups excluding carboxylic acids is 3. The number of alkyl halides is 2. The normalized spacial score (nSPS) is 32.6. The standard InChI is InChI=1S/C32H38F2N4O6/c1-31(2,3)26-28(39)38-16-18(15-23(38)29(40)42-4)43-27-25(35-21-10-5-6-11-22(21)36-27)32(33,34)12-8-7-9-19-20-13-17(20)14-24(19)44-30(41)37-26/h5-6,8,10-12,17-20,23-24,26H,7,9,13-16H2,1-4H3,(H,37,41)/b12-8+/t17?,18-,19?,20+,23+,24-,26-/m1/s1. The predicted octanol–water partition coefficient (Wildman–Crippen LogP) is 4.76. The topological polar surface area (TPSA) is 120 Å². The number of hydrogen-bond acceptors (Lipinski definition) is 8. The van der Waals surface area contributed by atoms with E-state index < -0.39 is 53.2 Å². The molecule has 1 aromatic heterocycles. The summed E-state index contributed by atoms with van der Waals surface area (Å²) in [6.45, 7) is 5.29. The molecule has 1 N–H and O–H groups in total. The lowest BCUT2D eigenvalue weighted by Gasteiger charge is -2.35. The van der Waals surface area contributed by atoms with Crippen LogP contribution in [0.3, 0.4) is 0 Å². The molecule has 1 aromatic carbocycles. The van der Waals surface area contributed by atoms with Gasteiger partial charge in [0.2, 0.25) is 11.8 Å². The van der Waals surface area contributed by atoms with Gasteiger partial charge in [-0.2, -0.15) is 8.78 Å². The zero-order valence-corrected chi connectivity index (χ0v) is 25.3. The van der Waals surface area contributed by atoms with Crippen LogP contribution >= 0.6 is 0 Å². The smallest absolute Gasteiger partial charge is 0.408 e. The van der Waals surface area contributed by atoms with Gasteiger partial charge < -0.3 is 24.4 Å². The van der Waals surface area contributed by atoms with Gasteiger partial charge in [-0.25, -0.2) is 19.6 Å². The Bertz CT molecular complexity index is 1490. The molecule has 1 saturated heterocycles. The molecule has 0 radical (unpaired) electrons. The second-order valence-electron chi connectivity index (χ2n) is 13.4. The first-order valence-corrected chi connectivity index (χ1v) is 15.2. The number of fused-ring (bicyclic) bond motifs is 7. The fourth-order valence-corrected chi connectivity index (χ4v) is 6.98. The highest BCUT2D eigenvalue weighted by atomic mass is 19.3. The Morgan fingerprint density at radius 1 is 1.07 bits per heavy atom. The largest absolute Gasteiger partial charge is 0.471 e. The summed E-state index contributed by atoms with van der Waals surface area (Å²) in [6.07, 6.45) is 2.96. The maximum absolute atomic E-state index is 15.8. The summed E-state index contributed by atoms with van der Waals surface area (Å²) >= 11 is 0. The number of esters is 1. The van der Waals surface area contributed by atoms with Crippen LogP contribution in [0.1, 0.15) is 58.6 Å². The number of para-hydroxylation sites is 2. The maximum Gasteiger partial charge on any atom is 0.408 e. The number of amides is 2. The van der Waals surface area contributed by atoms with Gasteiger partial charge in [-0.15, -0.1) is 0 Å². The molecular formula is C32H38F2N4O6. The van der Waals surface area contributed by atoms with E-state index in [1.807, 2.05) is 0 Å². The third-order valence-electron chi connectivity index (χ3n) is 9.32. The summed E-state index contributed by atoms with van der Waals surface area (Å²) < 4.78 is 48.6. The number of rotatable bonds is 1. The highest BCUT2D eigenvalue weighted by Crippen LogP contribution is 2.57. The summed E-state index contributed by atoms with van der Waals surface area (Å²) in [5.41, 5.74) is -0.741. The van der Waals surface area contributed by atoms with Gasteiger partial charge in [-0.3, -0.25) is 4.79 Å². The van der Waals surface area contributed by atoms with Gasteiger partial charge in [0.1, 0.15) is 24.3 Å². The van der Waals surface area contributed by atoms with Crippen molar-refractivity contribution in [1.29, 1.82) is 0 Å². The monoisotopic (exact) mass is 612 g/mol. The number of carbonyl (C=O) groups is 3. The highest BCUT2D eigenvalue weighted by molar-refractivity contribution is 5.91. The summed E-state index contributed by atoms with van der Waals surface area (Å²) in [6, 6.07) is 4.55. The van der Waals surface area contributed by atoms with E-state index in [4.69, 9.17) is 14.2 Å². The Hall–Kier alpha value is -3.83. The van der Waals surface area contributed by atoms with Crippen molar-refractivity contribution in [3.63, 3.8) is 0 Å². The first kappa shape index (κ1) is 30.2. The van der Waals surface area contributed by atoms with Gasteiger partial charge in [-0.05, 0) is 67.1 Å². The molecule has 6 rings (SSSR count). The molecule has 2 bridgehead atoms. The van der Waals surface area contributed by atoms with Crippen molar-refractivity contribution in [3.05, 3.63) is 42.1 Å². The summed E-state index contributed by atoms with van der Waals surface area (Å²) in [4.78, 5) is 50.1. The average Bonchev–Trinajstić information content (AvgIpc) is 3.46. The van der Waals surface area contributed by atoms with E-state index in [2.05, 4.69) is 15.3 Å². The molecule has 7 atom stereocenters. The van der Waals surface area contributed by atoms with Gasteiger partial charge in [0.25, 0.3) is 0 Å². The number of ether oxygens (including phenoxy) is 3. The zero-order chi connectivity index (χ0) is 31.4. The summed E-state index contributed by atoms with van der Waals surface area (Å²) in [7, 11) is 1.21. The molecule has 2 saturated carbocycles. The van der Waals surface area contributed by atoms with Crippen molar-refractivity contribution in [2.24, 2.45) is 23.2 Å². The Balaban J connectivity index is 1.40. The van der Waals surface area contributed by atoms with Crippen LogP contribution in [0.15, 0.2) is 36.4 Å². The summed E-state index contributed by atoms with van der Waals surface area (Å²) in [5.74, 6) is -4.22. The van der Waals surface area contributed by atoms with E-state index in [1.165, 1.54) is 18.1 Å². The van der Waals surface area contributed by atoms with E-state index >= 15 is 8.78 Å². The number of allylic oxidation sites excluding steroid dienone is 2. The van der Waals surface area contributed by atoms with Gasteiger partial charge in [-0.1, -0.05) is 39.0 Å². The minimum atomic E-state index is -3.52. The first-order chi connectivity index (χ1) is 20.9. The van der Waals surface area contributed by atoms with Crippen LogP contribution < -0.4 is 10.1 Å². The Morgan fingerprint density at radius 2 is 1.80 bits per heavy atom. The number of nitrogens with one attached hydrogen (secondary N) is 1. The van der Waals surface area contributed by atoms with Crippen LogP contribution in [-0.4, -0.2) is 70.8 Å². The molecule has 3 heterocycles. The van der Waals surface area contributed by atoms with Gasteiger partial charge >= 0.3 is 18.0 Å². The molecule has 10 nitrogen and oxygen atoms in total. The van der Waals surface area contributed by atoms with E-state index in [-0.39, 0.29) is 36.4 Å². The number of benzene rings is 1. The van der Waals surface area contributed by atoms with Crippen LogP contribution in [0.2, 0.25) is 0 Å². The number of methoxy groups -OCH3 is 1. The summed E-state index contributed by atoms with van der Waals surface area (Å²) in [5, 5.41) is 2.78. The molecule has 2 unspecified atom stereocenters. The van der Waals surface area contributed by atoms with Crippen molar-refractivity contribution < 1.29 is 37.4 Å². The average molecular weight is 613 g/mol. The number of aromatic nitrogens is 2. The van der Waals surface area contributed by atoms with E-state index in [1.54, 1.807) is 45.0 Å². The number of alkyl carbamates (subject to hydrolysis) is 1. The molecular weight excluding hydrogens is 574 g/mol. The van der Waals surface area contributed by atoms with E-state index in [0.717, 1.165) is 12.5 Å². The van der Waals surface area contributed by atoms with Gasteiger partial charge in [0.15, 0.2) is 5.69 Å². The third-order valence-corrected chi connectivity index (χ3v) is 9.32. The first-order valence-electron chi connectivity index (χ1n) is 15.2. The lowest BCUT2D eigenvalue weighted by molar-refractivity contribution is -0.152. The lowest BCUT2D eigenvalue weighted by Crippen LogP contribution is -2.57. The second-order valence-corrected chi connectivity index (χ2v) is 13.4. The fraction of sp³-hybridized carbons (Fsp3) is 0.594. The number of halogens is 2. The van der Waals surface area contributed by atoms with Crippen LogP contribution in [0.4, 0.5) is 13.6 Å². The quantitative estimate of drug-likeness (QED) is 0.362. The minimum absolute atomic E-state index is 0.0262. The van der Waals surface area contributed by atoms with Gasteiger partial charge in [0, 0.05) is 6.42 Å². The molecule has 2 amide bonds. The third kappa shape index (κ3) is 5.82. The van der Waals surface area contributed by atoms with Crippen LogP contribution in [-0.2, 0) is 25.0 Å². The van der Waals surface area contributed by atoms with Crippen molar-refractivity contribution in [1.82, 2.24) is 20.2 Å². The molecule has 2 aliphatic heterocycles. The van der Waals surface area contributed by atoms with E-state index in [0.29, 0.717) is 36.6 Å². The van der Waals surface area contributed by atoms with Crippen molar-refractivity contribution >= 4 is 29.0 Å². The highest BCUT2D eigenvalue weighted by Gasteiger charge is 2.55. The molecule has 44 heavy (non-hydrogen) atoms. The van der Waals surface area contributed by atoms with E-state index in [9.17, 15) is 14.4 Å². The SMILES string of the molecule is COC(=O)[C@@H]1C[C@@H]2CN1C(=O)[C@H](C(C)(C)C)NC(=O)O[C@@H]1CC3C[C@@H]3C1CC/C=C/C(F)(F)c1nc3ccccc3nc1O2. The predicted molar refractivity (Wildman–Crippen MR) is 155 cm³/mol. The molecule has 0 spiro atoms. The van der Waals surface area contributed by atoms with Crippen LogP contribution in [0.5, 0.6) is 5.88 Å². The Kier molecular flexibility index (Phi) is 7.73. The van der Waals surface area contributed by atoms with Crippen LogP contribution in [0.25, 0.3) is 11.0 Å². The molecule has 3 fully saturated rings. The van der Waals surface area contributed by atoms with Crippen molar-refractivity contribution in [3.8, 4) is 5.88 Å². The molecule has 12 heteroatoms. The van der Waals surface area contributed by atoms with Crippen LogP contribution in [0, 0.1) is 23.2 Å². The zero-order valence-electron chi connectivity index (χ0n) is 25.3. The fourth-order valence-electron chi connectivity index (χ4n) is 6.98. The Labute approximate surface area is 254 Å². The lowest BCUT2D eigenvalue weighted by atomic mass is 9.85. The maximum atomic E-state index is 15.8. The molecule has 2 aromatic rings.